The second-order valence-corrected chi connectivity index (χ2v) is 15.3. The van der Waals surface area contributed by atoms with E-state index in [0.717, 1.165) is 6.61 Å². The van der Waals surface area contributed by atoms with Crippen LogP contribution >= 0.6 is 0 Å². The zero-order valence-electron chi connectivity index (χ0n) is 11.3. The maximum Gasteiger partial charge on any atom is 0.183 e. The highest BCUT2D eigenvalue weighted by atomic mass is 28.4. The molecule has 0 aromatic rings. The Labute approximate surface area is 102 Å². The Morgan fingerprint density at radius 1 is 1.31 bits per heavy atom. The van der Waals surface area contributed by atoms with E-state index in [1.807, 2.05) is 5.20 Å². The molecule has 0 unspecified atom stereocenters. The van der Waals surface area contributed by atoms with Crippen LogP contribution in [0.2, 0.25) is 32.7 Å². The maximum atomic E-state index is 5.90. The summed E-state index contributed by atoms with van der Waals surface area (Å²) in [4.78, 5) is 0. The first kappa shape index (κ1) is 12.3. The maximum absolute atomic E-state index is 5.90. The number of rotatable bonds is 5. The van der Waals surface area contributed by atoms with Gasteiger partial charge in [-0.2, -0.15) is 0 Å². The molecule has 0 saturated heterocycles. The Kier molecular flexibility index (Phi) is 3.06. The lowest BCUT2D eigenvalue weighted by atomic mass is 10.1. The van der Waals surface area contributed by atoms with E-state index in [0.29, 0.717) is 0 Å². The molecule has 0 amide bonds. The average Bonchev–Trinajstić information content (AvgIpc) is 2.57. The Hall–Kier alpha value is -0.126. The molecule has 0 spiro atoms. The molecule has 1 nitrogen and oxygen atoms in total. The van der Waals surface area contributed by atoms with Crippen LogP contribution in [-0.2, 0) is 4.43 Å². The Morgan fingerprint density at radius 2 is 2.00 bits per heavy atom. The number of hydrogen-bond donors (Lipinski definition) is 0. The molecule has 0 aromatic carbocycles. The molecule has 0 fully saturated rings. The molecule has 1 aliphatic heterocycles. The van der Waals surface area contributed by atoms with E-state index < -0.39 is 16.4 Å². The molecule has 0 aromatic heterocycles. The summed E-state index contributed by atoms with van der Waals surface area (Å²) in [6.45, 7) is 12.7. The monoisotopic (exact) mass is 252 g/mol. The van der Waals surface area contributed by atoms with E-state index >= 15 is 0 Å². The minimum absolute atomic E-state index is 0.934. The first-order valence-electron chi connectivity index (χ1n) is 6.40. The molecule has 0 saturated carbocycles. The van der Waals surface area contributed by atoms with Crippen LogP contribution in [0.4, 0.5) is 0 Å². The van der Waals surface area contributed by atoms with Crippen molar-refractivity contribution in [1.82, 2.24) is 0 Å². The zero-order valence-corrected chi connectivity index (χ0v) is 13.3. The second kappa shape index (κ2) is 3.96. The SMILES string of the molecule is C[Si](C)(C)OCCCC1=CCC2=C1[Si]2(C)C. The normalized spacial score (nSPS) is 22.2. The van der Waals surface area contributed by atoms with E-state index in [4.69, 9.17) is 4.43 Å². The van der Waals surface area contributed by atoms with Gasteiger partial charge in [-0.05, 0) is 38.9 Å². The Balaban J connectivity index is 1.71. The smallest absolute Gasteiger partial charge is 0.183 e. The topological polar surface area (TPSA) is 9.23 Å². The van der Waals surface area contributed by atoms with Gasteiger partial charge in [-0.15, -0.1) is 0 Å². The largest absolute Gasteiger partial charge is 0.418 e. The van der Waals surface area contributed by atoms with Gasteiger partial charge >= 0.3 is 0 Å². The summed E-state index contributed by atoms with van der Waals surface area (Å²) in [5.41, 5.74) is 1.67. The van der Waals surface area contributed by atoms with Crippen LogP contribution in [0.15, 0.2) is 22.0 Å². The predicted octanol–water partition coefficient (Wildman–Crippen LogP) is 4.05. The summed E-state index contributed by atoms with van der Waals surface area (Å²) >= 11 is 0. The minimum atomic E-state index is -1.29. The van der Waals surface area contributed by atoms with Gasteiger partial charge in [0.1, 0.15) is 8.07 Å². The number of allylic oxidation sites excluding steroid dienone is 4. The van der Waals surface area contributed by atoms with Gasteiger partial charge in [-0.3, -0.25) is 0 Å². The van der Waals surface area contributed by atoms with Crippen molar-refractivity contribution < 1.29 is 4.43 Å². The quantitative estimate of drug-likeness (QED) is 0.530. The number of hydrogen-bond acceptors (Lipinski definition) is 1. The predicted molar refractivity (Wildman–Crippen MR) is 75.7 cm³/mol. The van der Waals surface area contributed by atoms with Crippen LogP contribution in [0.3, 0.4) is 0 Å². The molecule has 16 heavy (non-hydrogen) atoms. The Bertz CT molecular complexity index is 359. The van der Waals surface area contributed by atoms with Crippen LogP contribution in [0, 0.1) is 0 Å². The summed E-state index contributed by atoms with van der Waals surface area (Å²) in [6, 6.07) is 0. The van der Waals surface area contributed by atoms with Crippen molar-refractivity contribution in [2.75, 3.05) is 6.61 Å². The molecule has 1 aliphatic carbocycles. The van der Waals surface area contributed by atoms with E-state index in [2.05, 4.69) is 38.8 Å². The van der Waals surface area contributed by atoms with Gasteiger partial charge in [0.2, 0.25) is 0 Å². The fraction of sp³-hybridized carbons (Fsp3) is 0.692. The van der Waals surface area contributed by atoms with Crippen LogP contribution < -0.4 is 0 Å². The van der Waals surface area contributed by atoms with Gasteiger partial charge in [-0.25, -0.2) is 0 Å². The standard InChI is InChI=1S/C13H24OSi2/c1-15(2,3)14-10-6-7-11-8-9-12-13(11)16(12,4)5/h8H,6-7,9-10H2,1-5H3. The van der Waals surface area contributed by atoms with Crippen LogP contribution in [0.1, 0.15) is 19.3 Å². The van der Waals surface area contributed by atoms with Crippen molar-refractivity contribution in [3.63, 3.8) is 0 Å². The molecule has 0 radical (unpaired) electrons. The molecule has 0 atom stereocenters. The van der Waals surface area contributed by atoms with E-state index in [1.165, 1.54) is 19.3 Å². The third kappa shape index (κ3) is 2.41. The zero-order chi connectivity index (χ0) is 12.0. The highest BCUT2D eigenvalue weighted by molar-refractivity contribution is 7.02. The molecular weight excluding hydrogens is 228 g/mol. The summed E-state index contributed by atoms with van der Waals surface area (Å²) in [6.07, 6.45) is 6.19. The molecule has 0 N–H and O–H groups in total. The Morgan fingerprint density at radius 3 is 2.50 bits per heavy atom. The first-order chi connectivity index (χ1) is 7.32. The van der Waals surface area contributed by atoms with E-state index in [9.17, 15) is 0 Å². The second-order valence-electron chi connectivity index (χ2n) is 6.48. The van der Waals surface area contributed by atoms with Crippen molar-refractivity contribution in [2.24, 2.45) is 0 Å². The fourth-order valence-electron chi connectivity index (χ4n) is 2.69. The lowest BCUT2D eigenvalue weighted by Crippen LogP contribution is -2.25. The van der Waals surface area contributed by atoms with Crippen molar-refractivity contribution in [3.8, 4) is 0 Å². The van der Waals surface area contributed by atoms with Crippen molar-refractivity contribution in [2.45, 2.75) is 52.0 Å². The third-order valence-electron chi connectivity index (χ3n) is 3.62. The van der Waals surface area contributed by atoms with Gasteiger partial charge in [-0.1, -0.05) is 35.1 Å². The summed E-state index contributed by atoms with van der Waals surface area (Å²) in [5.74, 6) is 0. The van der Waals surface area contributed by atoms with E-state index in [-0.39, 0.29) is 0 Å². The van der Waals surface area contributed by atoms with E-state index in [1.54, 1.807) is 10.8 Å². The average molecular weight is 253 g/mol. The van der Waals surface area contributed by atoms with Gasteiger partial charge in [0.05, 0.1) is 0 Å². The van der Waals surface area contributed by atoms with Crippen LogP contribution in [0.25, 0.3) is 0 Å². The lowest BCUT2D eigenvalue weighted by molar-refractivity contribution is 0.305. The summed E-state index contributed by atoms with van der Waals surface area (Å²) in [7, 11) is -2.23. The molecule has 2 aliphatic rings. The summed E-state index contributed by atoms with van der Waals surface area (Å²) < 4.78 is 5.90. The minimum Gasteiger partial charge on any atom is -0.418 e. The first-order valence-corrected chi connectivity index (χ1v) is 12.8. The molecular formula is C13H24OSi2. The molecule has 3 heteroatoms. The van der Waals surface area contributed by atoms with Gasteiger partial charge < -0.3 is 4.43 Å². The van der Waals surface area contributed by atoms with Crippen molar-refractivity contribution in [3.05, 3.63) is 22.0 Å². The van der Waals surface area contributed by atoms with Crippen LogP contribution in [-0.4, -0.2) is 23.0 Å². The molecule has 90 valence electrons. The van der Waals surface area contributed by atoms with Crippen molar-refractivity contribution >= 4 is 16.4 Å². The lowest BCUT2D eigenvalue weighted by Gasteiger charge is -2.17. The molecule has 2 rings (SSSR count). The van der Waals surface area contributed by atoms with Gasteiger partial charge in [0.15, 0.2) is 8.32 Å². The molecule has 1 heterocycles. The highest BCUT2D eigenvalue weighted by Crippen LogP contribution is 2.53. The third-order valence-corrected chi connectivity index (χ3v) is 8.27. The fourth-order valence-corrected chi connectivity index (χ4v) is 7.20. The van der Waals surface area contributed by atoms with Crippen LogP contribution in [0.5, 0.6) is 0 Å². The summed E-state index contributed by atoms with van der Waals surface area (Å²) in [5, 5.41) is 3.63. The van der Waals surface area contributed by atoms with Gasteiger partial charge in [0, 0.05) is 6.61 Å². The van der Waals surface area contributed by atoms with Crippen molar-refractivity contribution in [1.29, 1.82) is 0 Å². The highest BCUT2D eigenvalue weighted by Gasteiger charge is 2.49. The molecule has 0 bridgehead atoms. The van der Waals surface area contributed by atoms with Gasteiger partial charge in [0.25, 0.3) is 0 Å².